The van der Waals surface area contributed by atoms with Crippen LogP contribution >= 0.6 is 0 Å². The zero-order chi connectivity index (χ0) is 14.9. The van der Waals surface area contributed by atoms with Crippen molar-refractivity contribution in [3.63, 3.8) is 0 Å². The van der Waals surface area contributed by atoms with E-state index < -0.39 is 10.0 Å². The monoisotopic (exact) mass is 311 g/mol. The third-order valence-electron chi connectivity index (χ3n) is 4.00. The molecule has 0 spiro atoms. The molecule has 2 fully saturated rings. The first-order chi connectivity index (χ1) is 10.1. The van der Waals surface area contributed by atoms with Gasteiger partial charge in [-0.05, 0) is 37.3 Å². The summed E-state index contributed by atoms with van der Waals surface area (Å²) in [4.78, 5) is 4.08. The third kappa shape index (κ3) is 3.79. The van der Waals surface area contributed by atoms with Crippen LogP contribution in [0.3, 0.4) is 0 Å². The lowest BCUT2D eigenvalue weighted by atomic mass is 9.90. The highest BCUT2D eigenvalue weighted by atomic mass is 32.2. The van der Waals surface area contributed by atoms with Gasteiger partial charge in [0, 0.05) is 31.9 Å². The van der Waals surface area contributed by atoms with E-state index in [1.165, 1.54) is 12.8 Å². The van der Waals surface area contributed by atoms with Crippen LogP contribution in [0.2, 0.25) is 0 Å². The molecule has 2 saturated carbocycles. The molecule has 21 heavy (non-hydrogen) atoms. The predicted octanol–water partition coefficient (Wildman–Crippen LogP) is 0.789. The van der Waals surface area contributed by atoms with Crippen LogP contribution in [0.4, 0.5) is 0 Å². The first-order valence-corrected chi connectivity index (χ1v) is 8.78. The normalized spacial score (nSPS) is 25.6. The number of ether oxygens (including phenoxy) is 1. The molecule has 1 aromatic heterocycles. The fourth-order valence-corrected chi connectivity index (χ4v) is 3.55. The molecule has 0 aromatic carbocycles. The molecular weight excluding hydrogens is 290 g/mol. The summed E-state index contributed by atoms with van der Waals surface area (Å²) < 4.78 is 32.2. The van der Waals surface area contributed by atoms with Crippen LogP contribution in [0.5, 0.6) is 0 Å². The van der Waals surface area contributed by atoms with Crippen LogP contribution in [0.1, 0.15) is 31.2 Å². The number of nitrogens with zero attached hydrogens (tertiary/aromatic N) is 1. The third-order valence-corrected chi connectivity index (χ3v) is 5.43. The summed E-state index contributed by atoms with van der Waals surface area (Å²) in [6.45, 7) is 0.740. The lowest BCUT2D eigenvalue weighted by Crippen LogP contribution is -2.47. The van der Waals surface area contributed by atoms with Crippen LogP contribution in [-0.4, -0.2) is 38.7 Å². The van der Waals surface area contributed by atoms with Crippen molar-refractivity contribution in [3.8, 4) is 0 Å². The highest BCUT2D eigenvalue weighted by Crippen LogP contribution is 2.24. The Morgan fingerprint density at radius 2 is 2.05 bits per heavy atom. The van der Waals surface area contributed by atoms with Gasteiger partial charge in [-0.15, -0.1) is 0 Å². The Hall–Kier alpha value is -1.02. The summed E-state index contributed by atoms with van der Waals surface area (Å²) >= 11 is 0. The maximum Gasteiger partial charge on any atom is 0.258 e. The Morgan fingerprint density at radius 3 is 2.62 bits per heavy atom. The van der Waals surface area contributed by atoms with Gasteiger partial charge in [0.25, 0.3) is 10.0 Å². The van der Waals surface area contributed by atoms with Crippen LogP contribution in [0, 0.1) is 0 Å². The quantitative estimate of drug-likeness (QED) is 0.778. The highest BCUT2D eigenvalue weighted by Gasteiger charge is 2.33. The maximum atomic E-state index is 12.2. The van der Waals surface area contributed by atoms with Gasteiger partial charge in [-0.2, -0.15) is 0 Å². The molecule has 0 amide bonds. The van der Waals surface area contributed by atoms with E-state index in [9.17, 15) is 8.42 Å². The molecule has 6 nitrogen and oxygen atoms in total. The van der Waals surface area contributed by atoms with Crippen molar-refractivity contribution < 1.29 is 13.2 Å². The van der Waals surface area contributed by atoms with E-state index in [0.717, 1.165) is 24.9 Å². The van der Waals surface area contributed by atoms with Crippen molar-refractivity contribution >= 4 is 10.0 Å². The summed E-state index contributed by atoms with van der Waals surface area (Å²) in [6.07, 6.45) is 5.70. The minimum atomic E-state index is -3.52. The van der Waals surface area contributed by atoms with E-state index in [2.05, 4.69) is 15.0 Å². The molecule has 0 atom stereocenters. The second-order valence-electron chi connectivity index (χ2n) is 5.81. The lowest BCUT2D eigenvalue weighted by Gasteiger charge is -2.34. The van der Waals surface area contributed by atoms with Gasteiger partial charge in [-0.25, -0.2) is 18.1 Å². The second kappa shape index (κ2) is 6.00. The number of hydrogen-bond donors (Lipinski definition) is 2. The molecule has 0 bridgehead atoms. The zero-order valence-electron chi connectivity index (χ0n) is 12.1. The van der Waals surface area contributed by atoms with Crippen LogP contribution < -0.4 is 10.0 Å². The molecule has 116 valence electrons. The van der Waals surface area contributed by atoms with E-state index in [4.69, 9.17) is 4.74 Å². The Labute approximate surface area is 125 Å². The number of pyridine rings is 1. The Bertz CT molecular complexity index is 578. The van der Waals surface area contributed by atoms with E-state index in [1.807, 2.05) is 6.07 Å². The minimum absolute atomic E-state index is 0.0436. The van der Waals surface area contributed by atoms with Crippen LogP contribution in [0.15, 0.2) is 23.4 Å². The van der Waals surface area contributed by atoms with Gasteiger partial charge in [0.2, 0.25) is 0 Å². The molecule has 2 aliphatic rings. The van der Waals surface area contributed by atoms with Gasteiger partial charge in [-0.3, -0.25) is 0 Å². The van der Waals surface area contributed by atoms with E-state index in [0.29, 0.717) is 6.04 Å². The minimum Gasteiger partial charge on any atom is -0.381 e. The molecule has 1 aromatic rings. The summed E-state index contributed by atoms with van der Waals surface area (Å²) in [6, 6.07) is 3.97. The van der Waals surface area contributed by atoms with E-state index in [-0.39, 0.29) is 17.2 Å². The molecule has 3 rings (SSSR count). The number of methoxy groups -OCH3 is 1. The lowest BCUT2D eigenvalue weighted by molar-refractivity contribution is 0.0236. The first kappa shape index (κ1) is 14.9. The Kier molecular flexibility index (Phi) is 4.26. The summed E-state index contributed by atoms with van der Waals surface area (Å²) in [5, 5.41) is 3.46. The van der Waals surface area contributed by atoms with Crippen molar-refractivity contribution in [2.45, 2.75) is 55.4 Å². The summed E-state index contributed by atoms with van der Waals surface area (Å²) in [5.74, 6) is 0. The standard InChI is InChI=1S/C14H21N3O3S/c1-20-13-6-12(7-13)17-21(18,19)14-5-2-10(9-16-14)8-15-11-3-4-11/h2,5,9,11-13,15,17H,3-4,6-8H2,1H3. The van der Waals surface area contributed by atoms with Gasteiger partial charge < -0.3 is 10.1 Å². The smallest absolute Gasteiger partial charge is 0.258 e. The maximum absolute atomic E-state index is 12.2. The molecule has 1 heterocycles. The fourth-order valence-electron chi connectivity index (χ4n) is 2.36. The summed E-state index contributed by atoms with van der Waals surface area (Å²) in [5.41, 5.74) is 1.00. The largest absolute Gasteiger partial charge is 0.381 e. The summed E-state index contributed by atoms with van der Waals surface area (Å²) in [7, 11) is -1.88. The molecular formula is C14H21N3O3S. The molecule has 2 N–H and O–H groups in total. The second-order valence-corrected chi connectivity index (χ2v) is 7.47. The van der Waals surface area contributed by atoms with Gasteiger partial charge in [0.1, 0.15) is 0 Å². The number of rotatable bonds is 7. The van der Waals surface area contributed by atoms with Gasteiger partial charge in [-0.1, -0.05) is 6.07 Å². The van der Waals surface area contributed by atoms with Crippen molar-refractivity contribution in [2.75, 3.05) is 7.11 Å². The average molecular weight is 311 g/mol. The topological polar surface area (TPSA) is 80.3 Å². The predicted molar refractivity (Wildman–Crippen MR) is 78.2 cm³/mol. The Balaban J connectivity index is 1.56. The van der Waals surface area contributed by atoms with Crippen molar-refractivity contribution in [3.05, 3.63) is 23.9 Å². The number of aromatic nitrogens is 1. The number of nitrogens with one attached hydrogen (secondary N) is 2. The number of hydrogen-bond acceptors (Lipinski definition) is 5. The average Bonchev–Trinajstić information content (AvgIpc) is 3.25. The fraction of sp³-hybridized carbons (Fsp3) is 0.643. The highest BCUT2D eigenvalue weighted by molar-refractivity contribution is 7.89. The molecule has 0 aliphatic heterocycles. The first-order valence-electron chi connectivity index (χ1n) is 7.30. The van der Waals surface area contributed by atoms with Gasteiger partial charge >= 0.3 is 0 Å². The molecule has 0 radical (unpaired) electrons. The van der Waals surface area contributed by atoms with Crippen LogP contribution in [-0.2, 0) is 21.3 Å². The van der Waals surface area contributed by atoms with E-state index >= 15 is 0 Å². The van der Waals surface area contributed by atoms with Crippen molar-refractivity contribution in [1.29, 1.82) is 0 Å². The van der Waals surface area contributed by atoms with Gasteiger partial charge in [0.05, 0.1) is 6.10 Å². The Morgan fingerprint density at radius 1 is 1.29 bits per heavy atom. The molecule has 0 saturated heterocycles. The SMILES string of the molecule is COC1CC(NS(=O)(=O)c2ccc(CNC3CC3)cn2)C1. The molecule has 0 unspecified atom stereocenters. The number of sulfonamides is 1. The van der Waals surface area contributed by atoms with Gasteiger partial charge in [0.15, 0.2) is 5.03 Å². The molecule has 2 aliphatic carbocycles. The zero-order valence-corrected chi connectivity index (χ0v) is 12.9. The van der Waals surface area contributed by atoms with Crippen molar-refractivity contribution in [1.82, 2.24) is 15.0 Å². The van der Waals surface area contributed by atoms with Crippen molar-refractivity contribution in [2.24, 2.45) is 0 Å². The van der Waals surface area contributed by atoms with E-state index in [1.54, 1.807) is 19.4 Å². The van der Waals surface area contributed by atoms with Crippen LogP contribution in [0.25, 0.3) is 0 Å². The molecule has 7 heteroatoms.